The molecule has 0 radical (unpaired) electrons. The van der Waals surface area contributed by atoms with Gasteiger partial charge in [-0.1, -0.05) is 44.2 Å². The number of aliphatic hydroxyl groups is 1. The predicted octanol–water partition coefficient (Wildman–Crippen LogP) is 2.55. The molecule has 3 atom stereocenters. The zero-order valence-corrected chi connectivity index (χ0v) is 17.8. The quantitative estimate of drug-likeness (QED) is 0.514. The third-order valence-corrected chi connectivity index (χ3v) is 4.39. The van der Waals surface area contributed by atoms with Gasteiger partial charge in [-0.3, -0.25) is 9.59 Å². The molecule has 0 aliphatic heterocycles. The minimum atomic E-state index is -1.11. The van der Waals surface area contributed by atoms with Crippen LogP contribution in [-0.2, 0) is 25.5 Å². The van der Waals surface area contributed by atoms with Crippen molar-refractivity contribution in [2.75, 3.05) is 0 Å². The third kappa shape index (κ3) is 9.09. The summed E-state index contributed by atoms with van der Waals surface area (Å²) in [6, 6.07) is 8.28. The Bertz CT molecular complexity index is 680. The summed E-state index contributed by atoms with van der Waals surface area (Å²) in [7, 11) is 0. The molecule has 0 spiro atoms. The summed E-state index contributed by atoms with van der Waals surface area (Å²) in [5.41, 5.74) is 0.173. The van der Waals surface area contributed by atoms with Crippen molar-refractivity contribution in [3.63, 3.8) is 0 Å². The van der Waals surface area contributed by atoms with Crippen molar-refractivity contribution in [3.8, 4) is 0 Å². The van der Waals surface area contributed by atoms with E-state index in [4.69, 9.17) is 4.74 Å². The Morgan fingerprint density at radius 3 is 2.17 bits per heavy atom. The van der Waals surface area contributed by atoms with Crippen LogP contribution in [-0.4, -0.2) is 45.8 Å². The number of carboxylic acids is 1. The van der Waals surface area contributed by atoms with Gasteiger partial charge < -0.3 is 20.3 Å². The third-order valence-electron chi connectivity index (χ3n) is 4.39. The molecule has 0 aliphatic carbocycles. The van der Waals surface area contributed by atoms with Crippen molar-refractivity contribution in [1.29, 1.82) is 0 Å². The van der Waals surface area contributed by atoms with Gasteiger partial charge in [-0.25, -0.2) is 4.79 Å². The Hall–Kier alpha value is -2.41. The number of nitrogens with one attached hydrogen (secondary N) is 1. The molecule has 7 heteroatoms. The maximum atomic E-state index is 12.6. The molecule has 0 saturated carbocycles. The number of ether oxygens (including phenoxy) is 1. The highest BCUT2D eigenvalue weighted by Crippen LogP contribution is 2.21. The van der Waals surface area contributed by atoms with Crippen LogP contribution in [0.5, 0.6) is 0 Å². The van der Waals surface area contributed by atoms with E-state index in [1.54, 1.807) is 34.6 Å². The molecule has 1 amide bonds. The van der Waals surface area contributed by atoms with Gasteiger partial charge in [0.25, 0.3) is 0 Å². The fourth-order valence-corrected chi connectivity index (χ4v) is 2.86. The standard InChI is InChI=1S/C22H33NO6/c1-14(2)19(20(26)27)23-18(25)12-11-17(24)16(21(28)29-22(3,4)5)13-15-9-7-6-8-10-15/h6-10,14,16-17,19,24H,11-13H2,1-5H3,(H,23,25)(H,26,27)/t16-,17?,19-/m0/s1. The van der Waals surface area contributed by atoms with E-state index in [-0.39, 0.29) is 25.2 Å². The lowest BCUT2D eigenvalue weighted by Gasteiger charge is -2.27. The van der Waals surface area contributed by atoms with Gasteiger partial charge in [0.1, 0.15) is 11.6 Å². The maximum absolute atomic E-state index is 12.6. The van der Waals surface area contributed by atoms with Gasteiger partial charge in [0, 0.05) is 6.42 Å². The van der Waals surface area contributed by atoms with Crippen molar-refractivity contribution in [2.24, 2.45) is 11.8 Å². The van der Waals surface area contributed by atoms with Crippen LogP contribution in [0.1, 0.15) is 53.0 Å². The van der Waals surface area contributed by atoms with E-state index in [9.17, 15) is 24.6 Å². The zero-order chi connectivity index (χ0) is 22.2. The number of esters is 1. The number of aliphatic hydroxyl groups excluding tert-OH is 1. The average Bonchev–Trinajstić information content (AvgIpc) is 2.61. The monoisotopic (exact) mass is 407 g/mol. The summed E-state index contributed by atoms with van der Waals surface area (Å²) in [6.45, 7) is 8.66. The van der Waals surface area contributed by atoms with E-state index in [1.807, 2.05) is 30.3 Å². The number of carboxylic acid groups (broad SMARTS) is 1. The number of carbonyl (C=O) groups is 3. The van der Waals surface area contributed by atoms with Crippen molar-refractivity contribution in [2.45, 2.75) is 71.6 Å². The lowest BCUT2D eigenvalue weighted by atomic mass is 9.91. The predicted molar refractivity (Wildman–Crippen MR) is 109 cm³/mol. The second-order valence-electron chi connectivity index (χ2n) is 8.56. The summed E-state index contributed by atoms with van der Waals surface area (Å²) in [5.74, 6) is -3.21. The Balaban J connectivity index is 2.80. The van der Waals surface area contributed by atoms with Crippen LogP contribution in [0.15, 0.2) is 30.3 Å². The molecule has 1 rings (SSSR count). The summed E-state index contributed by atoms with van der Waals surface area (Å²) in [4.78, 5) is 36.0. The molecule has 3 N–H and O–H groups in total. The van der Waals surface area contributed by atoms with Crippen molar-refractivity contribution in [3.05, 3.63) is 35.9 Å². The fraction of sp³-hybridized carbons (Fsp3) is 0.591. The molecular formula is C22H33NO6. The lowest BCUT2D eigenvalue weighted by molar-refractivity contribution is -0.164. The molecule has 0 bridgehead atoms. The molecular weight excluding hydrogens is 374 g/mol. The number of rotatable bonds is 10. The first-order valence-corrected chi connectivity index (χ1v) is 9.87. The number of carbonyl (C=O) groups excluding carboxylic acids is 2. The van der Waals surface area contributed by atoms with E-state index in [0.29, 0.717) is 0 Å². The van der Waals surface area contributed by atoms with Gasteiger partial charge >= 0.3 is 11.9 Å². The average molecular weight is 408 g/mol. The Morgan fingerprint density at radius 2 is 1.69 bits per heavy atom. The molecule has 1 unspecified atom stereocenters. The smallest absolute Gasteiger partial charge is 0.326 e. The first-order valence-electron chi connectivity index (χ1n) is 9.87. The van der Waals surface area contributed by atoms with E-state index < -0.39 is 41.5 Å². The maximum Gasteiger partial charge on any atom is 0.326 e. The van der Waals surface area contributed by atoms with Gasteiger partial charge in [-0.2, -0.15) is 0 Å². The van der Waals surface area contributed by atoms with Crippen LogP contribution in [0, 0.1) is 11.8 Å². The first kappa shape index (κ1) is 24.6. The highest BCUT2D eigenvalue weighted by Gasteiger charge is 2.32. The second kappa shape index (κ2) is 11.0. The Kier molecular flexibility index (Phi) is 9.30. The van der Waals surface area contributed by atoms with Crippen molar-refractivity contribution < 1.29 is 29.3 Å². The summed E-state index contributed by atoms with van der Waals surface area (Å²) < 4.78 is 5.45. The van der Waals surface area contributed by atoms with Gasteiger partial charge in [0.05, 0.1) is 12.0 Å². The van der Waals surface area contributed by atoms with E-state index in [0.717, 1.165) is 5.56 Å². The van der Waals surface area contributed by atoms with Crippen molar-refractivity contribution >= 4 is 17.8 Å². The largest absolute Gasteiger partial charge is 0.480 e. The molecule has 1 aromatic carbocycles. The number of benzene rings is 1. The number of aliphatic carboxylic acids is 1. The molecule has 7 nitrogen and oxygen atoms in total. The SMILES string of the molecule is CC(C)[C@H](NC(=O)CCC(O)[C@H](Cc1ccccc1)C(=O)OC(C)(C)C)C(=O)O. The fourth-order valence-electron chi connectivity index (χ4n) is 2.86. The van der Waals surface area contributed by atoms with Gasteiger partial charge in [-0.05, 0) is 45.1 Å². The van der Waals surface area contributed by atoms with E-state index in [2.05, 4.69) is 5.32 Å². The van der Waals surface area contributed by atoms with Crippen LogP contribution < -0.4 is 5.32 Å². The number of hydrogen-bond acceptors (Lipinski definition) is 5. The molecule has 0 aliphatic rings. The molecule has 0 aromatic heterocycles. The lowest BCUT2D eigenvalue weighted by Crippen LogP contribution is -2.44. The van der Waals surface area contributed by atoms with E-state index >= 15 is 0 Å². The number of hydrogen-bond donors (Lipinski definition) is 3. The van der Waals surface area contributed by atoms with Crippen LogP contribution >= 0.6 is 0 Å². The van der Waals surface area contributed by atoms with Crippen LogP contribution in [0.4, 0.5) is 0 Å². The van der Waals surface area contributed by atoms with Crippen LogP contribution in [0.25, 0.3) is 0 Å². The minimum absolute atomic E-state index is 0.0208. The summed E-state index contributed by atoms with van der Waals surface area (Å²) in [5, 5.41) is 22.3. The number of amides is 1. The first-order chi connectivity index (χ1) is 13.4. The molecule has 0 heterocycles. The highest BCUT2D eigenvalue weighted by atomic mass is 16.6. The van der Waals surface area contributed by atoms with Crippen LogP contribution in [0.3, 0.4) is 0 Å². The van der Waals surface area contributed by atoms with Gasteiger partial charge in [-0.15, -0.1) is 0 Å². The molecule has 0 saturated heterocycles. The minimum Gasteiger partial charge on any atom is -0.480 e. The van der Waals surface area contributed by atoms with Crippen LogP contribution in [0.2, 0.25) is 0 Å². The Labute approximate surface area is 172 Å². The molecule has 1 aromatic rings. The van der Waals surface area contributed by atoms with E-state index in [1.165, 1.54) is 0 Å². The van der Waals surface area contributed by atoms with Gasteiger partial charge in [0.15, 0.2) is 0 Å². The molecule has 29 heavy (non-hydrogen) atoms. The van der Waals surface area contributed by atoms with Gasteiger partial charge in [0.2, 0.25) is 5.91 Å². The normalized spacial score (nSPS) is 14.7. The molecule has 162 valence electrons. The summed E-state index contributed by atoms with van der Waals surface area (Å²) in [6.07, 6.45) is -0.890. The topological polar surface area (TPSA) is 113 Å². The Morgan fingerprint density at radius 1 is 1.10 bits per heavy atom. The molecule has 0 fully saturated rings. The second-order valence-corrected chi connectivity index (χ2v) is 8.56. The summed E-state index contributed by atoms with van der Waals surface area (Å²) >= 11 is 0. The van der Waals surface area contributed by atoms with Crippen molar-refractivity contribution in [1.82, 2.24) is 5.32 Å². The highest BCUT2D eigenvalue weighted by molar-refractivity contribution is 5.83. The zero-order valence-electron chi connectivity index (χ0n) is 17.8.